The molecule has 140 valence electrons. The normalized spacial score (nSPS) is 14.2. The Balaban J connectivity index is 1.88. The Kier molecular flexibility index (Phi) is 5.83. The Morgan fingerprint density at radius 1 is 1.27 bits per heavy atom. The van der Waals surface area contributed by atoms with Crippen LogP contribution in [0.3, 0.4) is 0 Å². The minimum Gasteiger partial charge on any atom is -0.454 e. The van der Waals surface area contributed by atoms with Crippen molar-refractivity contribution in [1.82, 2.24) is 5.32 Å². The van der Waals surface area contributed by atoms with Gasteiger partial charge in [0, 0.05) is 13.0 Å². The fraction of sp³-hybridized carbons (Fsp3) is 0.389. The van der Waals surface area contributed by atoms with Crippen molar-refractivity contribution in [3.05, 3.63) is 41.3 Å². The molecule has 0 saturated heterocycles. The van der Waals surface area contributed by atoms with E-state index in [4.69, 9.17) is 9.47 Å². The van der Waals surface area contributed by atoms with Crippen molar-refractivity contribution in [3.8, 4) is 11.5 Å². The summed E-state index contributed by atoms with van der Waals surface area (Å²) in [4.78, 5) is 12.0. The van der Waals surface area contributed by atoms with Gasteiger partial charge in [0.05, 0.1) is 0 Å². The first-order valence-corrected chi connectivity index (χ1v) is 10.9. The van der Waals surface area contributed by atoms with E-state index in [0.29, 0.717) is 23.5 Å². The van der Waals surface area contributed by atoms with Crippen molar-refractivity contribution in [2.24, 2.45) is 0 Å². The van der Waals surface area contributed by atoms with Crippen LogP contribution in [-0.2, 0) is 14.6 Å². The molecule has 1 atom stereocenters. The Morgan fingerprint density at radius 2 is 2.08 bits per heavy atom. The number of benzene rings is 1. The first kappa shape index (κ1) is 18.7. The zero-order chi connectivity index (χ0) is 18.6. The summed E-state index contributed by atoms with van der Waals surface area (Å²) in [6, 6.07) is 8.37. The molecule has 1 N–H and O–H groups in total. The topological polar surface area (TPSA) is 81.7 Å². The number of carbonyl (C=O) groups excluding carboxylic acids is 1. The Morgan fingerprint density at radius 3 is 2.81 bits per heavy atom. The molecule has 8 heteroatoms. The van der Waals surface area contributed by atoms with Crippen LogP contribution in [0, 0.1) is 0 Å². The highest BCUT2D eigenvalue weighted by Gasteiger charge is 2.31. The molecule has 0 fully saturated rings. The van der Waals surface area contributed by atoms with Crippen LogP contribution in [0.1, 0.15) is 37.0 Å². The summed E-state index contributed by atoms with van der Waals surface area (Å²) in [5, 5.41) is 3.60. The molecule has 1 aliphatic heterocycles. The van der Waals surface area contributed by atoms with Crippen molar-refractivity contribution in [2.75, 3.05) is 13.3 Å². The number of nitrogens with one attached hydrogen (secondary N) is 1. The minimum atomic E-state index is -3.64. The summed E-state index contributed by atoms with van der Waals surface area (Å²) >= 11 is 1.17. The van der Waals surface area contributed by atoms with Gasteiger partial charge in [-0.05, 0) is 35.6 Å². The Labute approximate surface area is 157 Å². The van der Waals surface area contributed by atoms with Crippen LogP contribution in [0.2, 0.25) is 0 Å². The van der Waals surface area contributed by atoms with Gasteiger partial charge >= 0.3 is 0 Å². The van der Waals surface area contributed by atoms with Crippen LogP contribution in [-0.4, -0.2) is 27.7 Å². The molecule has 6 nitrogen and oxygen atoms in total. The van der Waals surface area contributed by atoms with E-state index in [1.165, 1.54) is 11.3 Å². The average molecular weight is 396 g/mol. The van der Waals surface area contributed by atoms with E-state index >= 15 is 0 Å². The molecule has 0 spiro atoms. The zero-order valence-corrected chi connectivity index (χ0v) is 16.1. The number of unbranched alkanes of at least 4 members (excludes halogenated alkanes) is 1. The van der Waals surface area contributed by atoms with Crippen molar-refractivity contribution < 1.29 is 22.7 Å². The third kappa shape index (κ3) is 4.02. The van der Waals surface area contributed by atoms with Crippen LogP contribution < -0.4 is 14.8 Å². The van der Waals surface area contributed by atoms with Gasteiger partial charge in [0.2, 0.25) is 12.7 Å². The highest BCUT2D eigenvalue weighted by molar-refractivity contribution is 7.93. The fourth-order valence-electron chi connectivity index (χ4n) is 2.72. The van der Waals surface area contributed by atoms with E-state index in [1.54, 1.807) is 35.7 Å². The third-order valence-electron chi connectivity index (χ3n) is 4.16. The molecule has 1 aliphatic rings. The number of thiophene rings is 1. The number of sulfone groups is 1. The molecular weight excluding hydrogens is 374 g/mol. The summed E-state index contributed by atoms with van der Waals surface area (Å²) in [5.74, 6) is 0.971. The molecule has 0 radical (unpaired) electrons. The molecule has 0 bridgehead atoms. The summed E-state index contributed by atoms with van der Waals surface area (Å²) in [6.45, 7) is 2.14. The molecule has 26 heavy (non-hydrogen) atoms. The summed E-state index contributed by atoms with van der Waals surface area (Å²) in [6.07, 6.45) is 2.08. The van der Waals surface area contributed by atoms with E-state index in [-0.39, 0.29) is 23.5 Å². The second-order valence-corrected chi connectivity index (χ2v) is 9.29. The maximum absolute atomic E-state index is 13.1. The van der Waals surface area contributed by atoms with Gasteiger partial charge in [0.25, 0.3) is 0 Å². The Bertz CT molecular complexity index is 862. The van der Waals surface area contributed by atoms with E-state index < -0.39 is 15.1 Å². The maximum Gasteiger partial charge on any atom is 0.231 e. The SMILES string of the molecule is CCCCC(=O)NC[C@@H](c1ccc2c(c1)OCO2)S(=O)(=O)c1cccs1. The smallest absolute Gasteiger partial charge is 0.231 e. The van der Waals surface area contributed by atoms with Crippen molar-refractivity contribution >= 4 is 27.1 Å². The highest BCUT2D eigenvalue weighted by Crippen LogP contribution is 2.38. The lowest BCUT2D eigenvalue weighted by Gasteiger charge is -2.18. The van der Waals surface area contributed by atoms with E-state index in [0.717, 1.165) is 12.8 Å². The monoisotopic (exact) mass is 395 g/mol. The minimum absolute atomic E-state index is 0.0163. The molecule has 0 saturated carbocycles. The lowest BCUT2D eigenvalue weighted by Crippen LogP contribution is -2.31. The van der Waals surface area contributed by atoms with Crippen LogP contribution in [0.15, 0.2) is 39.9 Å². The number of hydrogen-bond acceptors (Lipinski definition) is 6. The third-order valence-corrected chi connectivity index (χ3v) is 7.69. The molecular formula is C18H21NO5S2. The van der Waals surface area contributed by atoms with Crippen molar-refractivity contribution in [3.63, 3.8) is 0 Å². The molecule has 0 unspecified atom stereocenters. The van der Waals surface area contributed by atoms with Gasteiger partial charge in [0.1, 0.15) is 9.46 Å². The highest BCUT2D eigenvalue weighted by atomic mass is 32.2. The molecule has 2 heterocycles. The van der Waals surface area contributed by atoms with E-state index in [9.17, 15) is 13.2 Å². The van der Waals surface area contributed by atoms with Crippen LogP contribution in [0.4, 0.5) is 0 Å². The molecule has 0 aliphatic carbocycles. The van der Waals surface area contributed by atoms with Gasteiger partial charge in [-0.1, -0.05) is 25.5 Å². The van der Waals surface area contributed by atoms with Crippen molar-refractivity contribution in [1.29, 1.82) is 0 Å². The quantitative estimate of drug-likeness (QED) is 0.742. The predicted molar refractivity (Wildman–Crippen MR) is 99.3 cm³/mol. The first-order chi connectivity index (χ1) is 12.5. The van der Waals surface area contributed by atoms with E-state index in [1.807, 2.05) is 6.92 Å². The van der Waals surface area contributed by atoms with Crippen LogP contribution in [0.25, 0.3) is 0 Å². The largest absolute Gasteiger partial charge is 0.454 e. The fourth-order valence-corrected chi connectivity index (χ4v) is 5.57. The number of hydrogen-bond donors (Lipinski definition) is 1. The molecule has 1 aromatic carbocycles. The standard InChI is InChI=1S/C18H21NO5S2/c1-2-3-5-17(20)19-11-16(26(21,22)18-6-4-9-25-18)13-7-8-14-15(10-13)24-12-23-14/h4,6-10,16H,2-3,5,11-12H2,1H3,(H,19,20)/t16-/m0/s1. The van der Waals surface area contributed by atoms with Crippen molar-refractivity contribution in [2.45, 2.75) is 35.6 Å². The number of carbonyl (C=O) groups is 1. The maximum atomic E-state index is 13.1. The van der Waals surface area contributed by atoms with Gasteiger partial charge in [-0.2, -0.15) is 0 Å². The number of rotatable bonds is 8. The first-order valence-electron chi connectivity index (χ1n) is 8.46. The van der Waals surface area contributed by atoms with Gasteiger partial charge in [0.15, 0.2) is 21.3 Å². The number of ether oxygens (including phenoxy) is 2. The van der Waals surface area contributed by atoms with E-state index in [2.05, 4.69) is 5.32 Å². The van der Waals surface area contributed by atoms with Crippen LogP contribution >= 0.6 is 11.3 Å². The second-order valence-electron chi connectivity index (χ2n) is 5.99. The van der Waals surface area contributed by atoms with Gasteiger partial charge < -0.3 is 14.8 Å². The lowest BCUT2D eigenvalue weighted by atomic mass is 10.1. The molecule has 1 amide bonds. The number of fused-ring (bicyclic) bond motifs is 1. The zero-order valence-electron chi connectivity index (χ0n) is 14.4. The number of amides is 1. The second kappa shape index (κ2) is 8.09. The molecule has 1 aromatic heterocycles. The van der Waals surface area contributed by atoms with Gasteiger partial charge in [-0.15, -0.1) is 11.3 Å². The lowest BCUT2D eigenvalue weighted by molar-refractivity contribution is -0.121. The molecule has 3 rings (SSSR count). The predicted octanol–water partition coefficient (Wildman–Crippen LogP) is 3.30. The summed E-state index contributed by atoms with van der Waals surface area (Å²) < 4.78 is 37.2. The molecule has 2 aromatic rings. The van der Waals surface area contributed by atoms with Gasteiger partial charge in [-0.3, -0.25) is 4.79 Å². The van der Waals surface area contributed by atoms with Crippen LogP contribution in [0.5, 0.6) is 11.5 Å². The summed E-state index contributed by atoms with van der Waals surface area (Å²) in [5.41, 5.74) is 0.568. The Hall–Kier alpha value is -2.06. The average Bonchev–Trinajstić information content (AvgIpc) is 3.31. The van der Waals surface area contributed by atoms with Gasteiger partial charge in [-0.25, -0.2) is 8.42 Å². The summed E-state index contributed by atoms with van der Waals surface area (Å²) in [7, 11) is -3.64.